The first kappa shape index (κ1) is 19.6. The average Bonchev–Trinajstić information content (AvgIpc) is 2.86. The van der Waals surface area contributed by atoms with E-state index in [0.717, 1.165) is 22.1 Å². The molecular weight excluding hydrogens is 364 g/mol. The molecule has 1 aliphatic heterocycles. The molecule has 0 saturated carbocycles. The molecule has 2 aromatic carbocycles. The Morgan fingerprint density at radius 3 is 2.59 bits per heavy atom. The van der Waals surface area contributed by atoms with Gasteiger partial charge in [-0.15, -0.1) is 0 Å². The Labute approximate surface area is 160 Å². The number of amides is 1. The summed E-state index contributed by atoms with van der Waals surface area (Å²) in [6, 6.07) is 12.1. The highest BCUT2D eigenvalue weighted by atomic mass is 32.2. The monoisotopic (exact) mass is 390 g/mol. The van der Waals surface area contributed by atoms with Gasteiger partial charge in [-0.2, -0.15) is 0 Å². The van der Waals surface area contributed by atoms with Gasteiger partial charge in [0.1, 0.15) is 5.75 Å². The molecule has 0 spiro atoms. The van der Waals surface area contributed by atoms with Gasteiger partial charge in [0.2, 0.25) is 5.91 Å². The number of carbonyl (C=O) groups is 1. The maximum atomic E-state index is 12.3. The number of benzene rings is 2. The first-order valence-electron chi connectivity index (χ1n) is 8.95. The summed E-state index contributed by atoms with van der Waals surface area (Å²) in [7, 11) is 0.491. The van der Waals surface area contributed by atoms with Crippen LogP contribution in [-0.2, 0) is 21.2 Å². The normalized spacial score (nSPS) is 21.5. The smallest absolute Gasteiger partial charge is 0.234 e. The van der Waals surface area contributed by atoms with Crippen molar-refractivity contribution in [2.75, 3.05) is 32.2 Å². The fourth-order valence-corrected chi connectivity index (χ4v) is 5.69. The predicted molar refractivity (Wildman–Crippen MR) is 107 cm³/mol. The van der Waals surface area contributed by atoms with E-state index in [0.29, 0.717) is 13.0 Å². The maximum Gasteiger partial charge on any atom is 0.234 e. The SMILES string of the molecule is COc1ccc2cc(CN(C)CC(=O)NC3(C)CCS(=O)(=O)C3)ccc2c1. The first-order valence-corrected chi connectivity index (χ1v) is 10.8. The molecule has 1 N–H and O–H groups in total. The molecule has 0 radical (unpaired) electrons. The molecule has 6 nitrogen and oxygen atoms in total. The number of sulfone groups is 1. The van der Waals surface area contributed by atoms with E-state index in [-0.39, 0.29) is 24.0 Å². The Balaban J connectivity index is 1.59. The van der Waals surface area contributed by atoms with Crippen LogP contribution in [0, 0.1) is 0 Å². The number of nitrogens with zero attached hydrogens (tertiary/aromatic N) is 1. The minimum absolute atomic E-state index is 0.0175. The Morgan fingerprint density at radius 2 is 1.93 bits per heavy atom. The largest absolute Gasteiger partial charge is 0.497 e. The summed E-state index contributed by atoms with van der Waals surface area (Å²) in [6.45, 7) is 2.65. The van der Waals surface area contributed by atoms with Crippen LogP contribution in [0.5, 0.6) is 5.75 Å². The third-order valence-electron chi connectivity index (χ3n) is 4.92. The lowest BCUT2D eigenvalue weighted by Crippen LogP contribution is -2.49. The maximum absolute atomic E-state index is 12.3. The van der Waals surface area contributed by atoms with Gasteiger partial charge in [-0.25, -0.2) is 8.42 Å². The number of hydrogen-bond acceptors (Lipinski definition) is 5. The van der Waals surface area contributed by atoms with Crippen LogP contribution in [0.3, 0.4) is 0 Å². The minimum Gasteiger partial charge on any atom is -0.497 e. The number of likely N-dealkylation sites (N-methyl/N-ethyl adjacent to an activating group) is 1. The van der Waals surface area contributed by atoms with E-state index in [9.17, 15) is 13.2 Å². The summed E-state index contributed by atoms with van der Waals surface area (Å²) >= 11 is 0. The molecule has 1 saturated heterocycles. The van der Waals surface area contributed by atoms with Crippen LogP contribution >= 0.6 is 0 Å². The van der Waals surface area contributed by atoms with E-state index in [1.807, 2.05) is 42.3 Å². The van der Waals surface area contributed by atoms with Crippen molar-refractivity contribution in [3.8, 4) is 5.75 Å². The van der Waals surface area contributed by atoms with Crippen molar-refractivity contribution in [2.24, 2.45) is 0 Å². The van der Waals surface area contributed by atoms with Crippen molar-refractivity contribution in [2.45, 2.75) is 25.4 Å². The van der Waals surface area contributed by atoms with E-state index in [4.69, 9.17) is 4.74 Å². The van der Waals surface area contributed by atoms with E-state index >= 15 is 0 Å². The molecule has 0 bridgehead atoms. The van der Waals surface area contributed by atoms with Crippen molar-refractivity contribution in [1.82, 2.24) is 10.2 Å². The van der Waals surface area contributed by atoms with Gasteiger partial charge in [0, 0.05) is 6.54 Å². The summed E-state index contributed by atoms with van der Waals surface area (Å²) in [5, 5.41) is 5.12. The first-order chi connectivity index (χ1) is 12.7. The Bertz CT molecular complexity index is 958. The van der Waals surface area contributed by atoms with Crippen LogP contribution in [0.15, 0.2) is 36.4 Å². The van der Waals surface area contributed by atoms with Crippen LogP contribution < -0.4 is 10.1 Å². The second-order valence-corrected chi connectivity index (χ2v) is 9.85. The molecule has 1 aliphatic rings. The summed E-state index contributed by atoms with van der Waals surface area (Å²) in [6.07, 6.45) is 0.471. The highest BCUT2D eigenvalue weighted by Gasteiger charge is 2.39. The number of rotatable bonds is 6. The molecule has 1 amide bonds. The average molecular weight is 391 g/mol. The Hall–Kier alpha value is -2.12. The second-order valence-electron chi connectivity index (χ2n) is 7.67. The van der Waals surface area contributed by atoms with Crippen LogP contribution in [0.2, 0.25) is 0 Å². The van der Waals surface area contributed by atoms with Gasteiger partial charge in [-0.3, -0.25) is 9.69 Å². The number of ether oxygens (including phenoxy) is 1. The van der Waals surface area contributed by atoms with E-state index < -0.39 is 15.4 Å². The molecule has 1 unspecified atom stereocenters. The third-order valence-corrected chi connectivity index (χ3v) is 6.83. The number of nitrogens with one attached hydrogen (secondary N) is 1. The van der Waals surface area contributed by atoms with Gasteiger partial charge in [0.25, 0.3) is 0 Å². The lowest BCUT2D eigenvalue weighted by molar-refractivity contribution is -0.123. The summed E-state index contributed by atoms with van der Waals surface area (Å²) in [4.78, 5) is 14.3. The standard InChI is InChI=1S/C20H26N2O4S/c1-20(8-9-27(24,25)14-20)21-19(23)13-22(2)12-15-4-5-17-11-18(26-3)7-6-16(17)10-15/h4-7,10-11H,8-9,12-14H2,1-3H3,(H,21,23). The van der Waals surface area contributed by atoms with Gasteiger partial charge in [-0.05, 0) is 54.9 Å². The van der Waals surface area contributed by atoms with E-state index in [1.54, 1.807) is 14.0 Å². The summed E-state index contributed by atoms with van der Waals surface area (Å²) in [5.41, 5.74) is 0.455. The molecule has 27 heavy (non-hydrogen) atoms. The van der Waals surface area contributed by atoms with Gasteiger partial charge >= 0.3 is 0 Å². The fraction of sp³-hybridized carbons (Fsp3) is 0.450. The van der Waals surface area contributed by atoms with Crippen molar-refractivity contribution in [1.29, 1.82) is 0 Å². The van der Waals surface area contributed by atoms with E-state index in [1.165, 1.54) is 0 Å². The lowest BCUT2D eigenvalue weighted by Gasteiger charge is -2.25. The minimum atomic E-state index is -3.04. The molecule has 0 aromatic heterocycles. The van der Waals surface area contributed by atoms with Gasteiger partial charge in [0.05, 0.1) is 30.7 Å². The zero-order chi connectivity index (χ0) is 19.7. The molecule has 146 valence electrons. The molecule has 2 aromatic rings. The predicted octanol–water partition coefficient (Wildman–Crippen LogP) is 1.97. The Morgan fingerprint density at radius 1 is 1.22 bits per heavy atom. The summed E-state index contributed by atoms with van der Waals surface area (Å²) in [5.74, 6) is 0.833. The molecule has 1 fully saturated rings. The number of methoxy groups -OCH3 is 1. The zero-order valence-electron chi connectivity index (χ0n) is 16.0. The molecule has 3 rings (SSSR count). The molecule has 1 atom stereocenters. The van der Waals surface area contributed by atoms with Crippen molar-refractivity contribution >= 4 is 26.5 Å². The topological polar surface area (TPSA) is 75.7 Å². The van der Waals surface area contributed by atoms with Crippen LogP contribution in [0.25, 0.3) is 10.8 Å². The van der Waals surface area contributed by atoms with Gasteiger partial charge in [0.15, 0.2) is 9.84 Å². The number of fused-ring (bicyclic) bond motifs is 1. The van der Waals surface area contributed by atoms with Crippen LogP contribution in [-0.4, -0.2) is 57.0 Å². The highest BCUT2D eigenvalue weighted by Crippen LogP contribution is 2.23. The molecular formula is C20H26N2O4S. The molecule has 1 heterocycles. The lowest BCUT2D eigenvalue weighted by atomic mass is 10.0. The zero-order valence-corrected chi connectivity index (χ0v) is 16.8. The van der Waals surface area contributed by atoms with Crippen LogP contribution in [0.4, 0.5) is 0 Å². The Kier molecular flexibility index (Phi) is 5.44. The fourth-order valence-electron chi connectivity index (χ4n) is 3.60. The third kappa shape index (κ3) is 4.99. The second kappa shape index (κ2) is 7.48. The van der Waals surface area contributed by atoms with Crippen molar-refractivity contribution in [3.05, 3.63) is 42.0 Å². The van der Waals surface area contributed by atoms with Crippen molar-refractivity contribution < 1.29 is 17.9 Å². The number of hydrogen-bond donors (Lipinski definition) is 1. The summed E-state index contributed by atoms with van der Waals surface area (Å²) < 4.78 is 28.6. The van der Waals surface area contributed by atoms with Gasteiger partial charge < -0.3 is 10.1 Å². The van der Waals surface area contributed by atoms with Crippen LogP contribution in [0.1, 0.15) is 18.9 Å². The van der Waals surface area contributed by atoms with Crippen molar-refractivity contribution in [3.63, 3.8) is 0 Å². The molecule has 7 heteroatoms. The van der Waals surface area contributed by atoms with E-state index in [2.05, 4.69) is 11.4 Å². The number of carbonyl (C=O) groups excluding carboxylic acids is 1. The van der Waals surface area contributed by atoms with Gasteiger partial charge in [-0.1, -0.05) is 18.2 Å². The quantitative estimate of drug-likeness (QED) is 0.816. The molecule has 0 aliphatic carbocycles. The highest BCUT2D eigenvalue weighted by molar-refractivity contribution is 7.91.